The van der Waals surface area contributed by atoms with Gasteiger partial charge in [0.2, 0.25) is 5.91 Å². The van der Waals surface area contributed by atoms with E-state index < -0.39 is 6.03 Å². The molecule has 1 saturated heterocycles. The van der Waals surface area contributed by atoms with E-state index in [1.807, 2.05) is 0 Å². The Morgan fingerprint density at radius 2 is 2.27 bits per heavy atom. The van der Waals surface area contributed by atoms with Crippen molar-refractivity contribution in [1.82, 2.24) is 9.80 Å². The summed E-state index contributed by atoms with van der Waals surface area (Å²) in [5.41, 5.74) is 0. The Morgan fingerprint density at radius 3 is 2.64 bits per heavy atom. The van der Waals surface area contributed by atoms with Gasteiger partial charge in [-0.05, 0) is 0 Å². The van der Waals surface area contributed by atoms with Crippen LogP contribution in [0.1, 0.15) is 0 Å². The maximum Gasteiger partial charge on any atom is 0.328 e. The Kier molecular flexibility index (Phi) is 1.81. The monoisotopic (exact) mass is 151 g/mol. The average Bonchev–Trinajstić information content (AvgIpc) is 2.19. The van der Waals surface area contributed by atoms with Crippen LogP contribution in [0.3, 0.4) is 0 Å². The van der Waals surface area contributed by atoms with Crippen molar-refractivity contribution >= 4 is 11.9 Å². The first kappa shape index (κ1) is 7.61. The van der Waals surface area contributed by atoms with Gasteiger partial charge >= 0.3 is 6.03 Å². The predicted molar refractivity (Wildman–Crippen MR) is 38.0 cm³/mol. The lowest BCUT2D eigenvalue weighted by Gasteiger charge is -2.09. The Labute approximate surface area is 64.8 Å². The van der Waals surface area contributed by atoms with E-state index in [9.17, 15) is 9.59 Å². The summed E-state index contributed by atoms with van der Waals surface area (Å²) in [4.78, 5) is 23.9. The van der Waals surface area contributed by atoms with Gasteiger partial charge in [-0.25, -0.2) is 4.79 Å². The summed E-state index contributed by atoms with van der Waals surface area (Å²) in [6.45, 7) is 0.211. The molecule has 0 N–H and O–H groups in total. The Balaban J connectivity index is 2.69. The Morgan fingerprint density at radius 1 is 1.64 bits per heavy atom. The largest absolute Gasteiger partial charge is 0.328 e. The van der Waals surface area contributed by atoms with Crippen molar-refractivity contribution in [2.75, 3.05) is 13.1 Å². The maximum atomic E-state index is 11.0. The van der Waals surface area contributed by atoms with Crippen molar-refractivity contribution in [2.24, 2.45) is 0 Å². The van der Waals surface area contributed by atoms with Crippen LogP contribution in [0, 0.1) is 19.4 Å². The molecule has 1 radical (unpaired) electrons. The van der Waals surface area contributed by atoms with Gasteiger partial charge in [0.15, 0.2) is 0 Å². The lowest BCUT2D eigenvalue weighted by Crippen LogP contribution is -2.28. The highest BCUT2D eigenvalue weighted by molar-refractivity contribution is 6.02. The van der Waals surface area contributed by atoms with Crippen molar-refractivity contribution in [3.63, 3.8) is 0 Å². The average molecular weight is 151 g/mol. The summed E-state index contributed by atoms with van der Waals surface area (Å²) in [7, 11) is 3.26. The van der Waals surface area contributed by atoms with Gasteiger partial charge in [-0.3, -0.25) is 9.69 Å². The number of carbonyl (C=O) groups excluding carboxylic acids is 2. The molecule has 0 aromatic heterocycles. The van der Waals surface area contributed by atoms with Crippen LogP contribution in [0.15, 0.2) is 0 Å². The fourth-order valence-electron chi connectivity index (χ4n) is 0.827. The summed E-state index contributed by atoms with van der Waals surface area (Å²) in [5, 5.41) is 0. The molecule has 57 valence electrons. The molecule has 0 unspecified atom stereocenters. The molecule has 0 atom stereocenters. The van der Waals surface area contributed by atoms with E-state index in [-0.39, 0.29) is 19.0 Å². The van der Waals surface area contributed by atoms with Crippen LogP contribution in [-0.4, -0.2) is 34.8 Å². The smallest absolute Gasteiger partial charge is 0.304 e. The second kappa shape index (κ2) is 2.62. The maximum absolute atomic E-state index is 11.0. The third kappa shape index (κ3) is 1.17. The molecule has 1 aliphatic heterocycles. The summed E-state index contributed by atoms with van der Waals surface area (Å²) < 4.78 is 0. The number of amides is 3. The van der Waals surface area contributed by atoms with Gasteiger partial charge < -0.3 is 4.90 Å². The van der Waals surface area contributed by atoms with Gasteiger partial charge in [0.25, 0.3) is 0 Å². The van der Waals surface area contributed by atoms with E-state index in [4.69, 9.17) is 6.42 Å². The Hall–Kier alpha value is -1.50. The second-order valence-corrected chi connectivity index (χ2v) is 2.16. The summed E-state index contributed by atoms with van der Waals surface area (Å²) in [5.74, 6) is 1.97. The number of urea groups is 1. The van der Waals surface area contributed by atoms with Crippen molar-refractivity contribution in [1.29, 1.82) is 0 Å². The molecule has 0 spiro atoms. The van der Waals surface area contributed by atoms with E-state index in [1.165, 1.54) is 4.90 Å². The van der Waals surface area contributed by atoms with Crippen molar-refractivity contribution in [3.05, 3.63) is 7.05 Å². The molecule has 0 saturated carbocycles. The predicted octanol–water partition coefficient (Wildman–Crippen LogP) is -0.325. The molecule has 0 bridgehead atoms. The fraction of sp³-hybridized carbons (Fsp3) is 0.286. The molecule has 0 aromatic carbocycles. The highest BCUT2D eigenvalue weighted by Gasteiger charge is 2.32. The van der Waals surface area contributed by atoms with Gasteiger partial charge in [0.1, 0.15) is 6.54 Å². The van der Waals surface area contributed by atoms with Gasteiger partial charge in [0.05, 0.1) is 6.54 Å². The molecule has 1 rings (SSSR count). The highest BCUT2D eigenvalue weighted by Crippen LogP contribution is 2.06. The van der Waals surface area contributed by atoms with Gasteiger partial charge in [-0.1, -0.05) is 5.92 Å². The van der Waals surface area contributed by atoms with Crippen LogP contribution in [-0.2, 0) is 4.79 Å². The first-order valence-electron chi connectivity index (χ1n) is 3.02. The molecule has 4 nitrogen and oxygen atoms in total. The highest BCUT2D eigenvalue weighted by atomic mass is 16.2. The first-order valence-corrected chi connectivity index (χ1v) is 3.02. The molecule has 3 amide bonds. The molecule has 11 heavy (non-hydrogen) atoms. The zero-order valence-corrected chi connectivity index (χ0v) is 5.91. The summed E-state index contributed by atoms with van der Waals surface area (Å²) in [6.07, 6.45) is 4.97. The van der Waals surface area contributed by atoms with Crippen LogP contribution >= 0.6 is 0 Å². The van der Waals surface area contributed by atoms with Crippen LogP contribution < -0.4 is 0 Å². The molecule has 1 fully saturated rings. The normalized spacial score (nSPS) is 17.5. The van der Waals surface area contributed by atoms with E-state index in [1.54, 1.807) is 0 Å². The minimum Gasteiger partial charge on any atom is -0.304 e. The third-order valence-electron chi connectivity index (χ3n) is 1.41. The van der Waals surface area contributed by atoms with Crippen LogP contribution in [0.25, 0.3) is 0 Å². The fourth-order valence-corrected chi connectivity index (χ4v) is 0.827. The summed E-state index contributed by atoms with van der Waals surface area (Å²) >= 11 is 0. The minimum absolute atomic E-state index is 0.0481. The van der Waals surface area contributed by atoms with Crippen molar-refractivity contribution in [3.8, 4) is 12.3 Å². The molecule has 1 aliphatic rings. The van der Waals surface area contributed by atoms with E-state index >= 15 is 0 Å². The number of imide groups is 1. The number of terminal acetylenes is 1. The molecule has 0 aliphatic carbocycles. The molecule has 4 heteroatoms. The number of nitrogens with zero attached hydrogens (tertiary/aromatic N) is 2. The summed E-state index contributed by atoms with van der Waals surface area (Å²) in [6, 6.07) is -0.423. The van der Waals surface area contributed by atoms with Gasteiger partial charge in [0, 0.05) is 7.05 Å². The lowest BCUT2D eigenvalue weighted by atomic mass is 10.5. The molecule has 0 aromatic rings. The Bertz CT molecular complexity index is 241. The number of carbonyl (C=O) groups is 2. The quantitative estimate of drug-likeness (QED) is 0.380. The van der Waals surface area contributed by atoms with Gasteiger partial charge in [-0.2, -0.15) is 0 Å². The number of hydrogen-bond donors (Lipinski definition) is 0. The zero-order chi connectivity index (χ0) is 8.43. The first-order chi connectivity index (χ1) is 5.16. The van der Waals surface area contributed by atoms with E-state index in [0.717, 1.165) is 4.90 Å². The number of rotatable bonds is 1. The minimum atomic E-state index is -0.423. The van der Waals surface area contributed by atoms with E-state index in [0.29, 0.717) is 0 Å². The standard InChI is InChI=1S/C7H7N2O2/c1-3-4-9-5-6(10)8(2)7(9)11/h1H,2,4-5H2. The number of hydrogen-bond acceptors (Lipinski definition) is 2. The van der Waals surface area contributed by atoms with E-state index in [2.05, 4.69) is 13.0 Å². The van der Waals surface area contributed by atoms with Crippen LogP contribution in [0.2, 0.25) is 0 Å². The topological polar surface area (TPSA) is 40.6 Å². The van der Waals surface area contributed by atoms with Crippen LogP contribution in [0.4, 0.5) is 4.79 Å². The lowest BCUT2D eigenvalue weighted by molar-refractivity contribution is -0.123. The third-order valence-corrected chi connectivity index (χ3v) is 1.41. The van der Waals surface area contributed by atoms with Crippen LogP contribution in [0.5, 0.6) is 0 Å². The molecule has 1 heterocycles. The SMILES string of the molecule is C#CCN1CC(=O)N([CH2])C1=O. The van der Waals surface area contributed by atoms with Crippen molar-refractivity contribution in [2.45, 2.75) is 0 Å². The second-order valence-electron chi connectivity index (χ2n) is 2.16. The molecular weight excluding hydrogens is 144 g/mol. The molecular formula is C7H7N2O2. The zero-order valence-electron chi connectivity index (χ0n) is 5.91. The van der Waals surface area contributed by atoms with Crippen molar-refractivity contribution < 1.29 is 9.59 Å². The van der Waals surface area contributed by atoms with Gasteiger partial charge in [-0.15, -0.1) is 6.42 Å².